The summed E-state index contributed by atoms with van der Waals surface area (Å²) in [5.41, 5.74) is 0.239. The number of unbranched alkanes of at least 4 members (excludes halogenated alkanes) is 1. The highest BCUT2D eigenvalue weighted by Gasteiger charge is 2.30. The van der Waals surface area contributed by atoms with Crippen molar-refractivity contribution in [2.45, 2.75) is 83.7 Å². The van der Waals surface area contributed by atoms with Gasteiger partial charge in [-0.1, -0.05) is 32.6 Å². The van der Waals surface area contributed by atoms with E-state index < -0.39 is 0 Å². The summed E-state index contributed by atoms with van der Waals surface area (Å²) < 4.78 is 7.19. The number of nitrogens with one attached hydrogen (secondary N) is 1. The smallest absolute Gasteiger partial charge is 0.263 e. The predicted octanol–water partition coefficient (Wildman–Crippen LogP) is 3.47. The molecule has 1 fully saturated rings. The van der Waals surface area contributed by atoms with Crippen molar-refractivity contribution in [3.8, 4) is 5.75 Å². The van der Waals surface area contributed by atoms with Gasteiger partial charge in [0.15, 0.2) is 0 Å². The number of benzene rings is 1. The van der Waals surface area contributed by atoms with E-state index in [-0.39, 0.29) is 42.5 Å². The van der Waals surface area contributed by atoms with E-state index in [1.807, 2.05) is 4.90 Å². The van der Waals surface area contributed by atoms with Crippen LogP contribution in [0.25, 0.3) is 10.9 Å². The minimum Gasteiger partial charge on any atom is -0.494 e. The molecule has 1 saturated carbocycles. The molecule has 2 amide bonds. The van der Waals surface area contributed by atoms with E-state index in [2.05, 4.69) is 17.2 Å². The molecule has 0 bridgehead atoms. The molecule has 0 saturated heterocycles. The number of carbonyl (C=O) groups is 2. The summed E-state index contributed by atoms with van der Waals surface area (Å²) in [6.45, 7) is 2.97. The number of rotatable bonds is 12. The third-order valence-electron chi connectivity index (χ3n) is 7.37. The maximum absolute atomic E-state index is 13.1. The Morgan fingerprint density at radius 2 is 2.06 bits per heavy atom. The summed E-state index contributed by atoms with van der Waals surface area (Å²) in [7, 11) is 0. The summed E-state index contributed by atoms with van der Waals surface area (Å²) >= 11 is 0. The summed E-state index contributed by atoms with van der Waals surface area (Å²) in [5.74, 6) is 1.25. The van der Waals surface area contributed by atoms with Crippen LogP contribution in [-0.4, -0.2) is 57.2 Å². The Labute approximate surface area is 211 Å². The molecule has 0 spiro atoms. The van der Waals surface area contributed by atoms with Crippen molar-refractivity contribution in [3.05, 3.63) is 28.6 Å². The van der Waals surface area contributed by atoms with Gasteiger partial charge < -0.3 is 14.7 Å². The lowest BCUT2D eigenvalue weighted by molar-refractivity contribution is -0.136. The zero-order valence-corrected chi connectivity index (χ0v) is 21.2. The van der Waals surface area contributed by atoms with Crippen molar-refractivity contribution < 1.29 is 19.4 Å². The lowest BCUT2D eigenvalue weighted by atomic mass is 9.81. The molecule has 2 aliphatic rings. The van der Waals surface area contributed by atoms with Crippen LogP contribution in [0.4, 0.5) is 5.95 Å². The molecule has 0 radical (unpaired) electrons. The first kappa shape index (κ1) is 26.1. The first-order chi connectivity index (χ1) is 17.5. The second-order valence-electron chi connectivity index (χ2n) is 9.92. The molecule has 4 rings (SSSR count). The number of hydrogen-bond donors (Lipinski definition) is 2. The lowest BCUT2D eigenvalue weighted by Crippen LogP contribution is -2.46. The third kappa shape index (κ3) is 6.06. The maximum atomic E-state index is 13.1. The minimum atomic E-state index is -0.270. The van der Waals surface area contributed by atoms with Gasteiger partial charge in [0.2, 0.25) is 17.8 Å². The van der Waals surface area contributed by atoms with Crippen LogP contribution in [0, 0.1) is 5.92 Å². The molecule has 2 N–H and O–H groups in total. The van der Waals surface area contributed by atoms with E-state index in [0.29, 0.717) is 55.0 Å². The Kier molecular flexibility index (Phi) is 8.96. The van der Waals surface area contributed by atoms with Crippen molar-refractivity contribution in [2.75, 3.05) is 25.1 Å². The van der Waals surface area contributed by atoms with Crippen LogP contribution in [0.15, 0.2) is 23.0 Å². The van der Waals surface area contributed by atoms with Gasteiger partial charge in [-0.3, -0.25) is 24.3 Å². The second-order valence-corrected chi connectivity index (χ2v) is 9.92. The standard InChI is InChI=1S/C27H38N4O5/c1-2-8-23(19-9-4-3-5-10-19)30(14-15-32)25(34)11-6-7-16-36-20-12-13-22-21(17-20)26(35)31-18-24(33)29-27(31)28-22/h12-13,17,19,23,32H,2-11,14-16,18H2,1H3,(H,28,29,33). The Hall–Kier alpha value is -2.94. The highest BCUT2D eigenvalue weighted by atomic mass is 16.5. The number of aliphatic hydroxyl groups is 1. The molecule has 1 aromatic heterocycles. The van der Waals surface area contributed by atoms with Crippen LogP contribution in [-0.2, 0) is 16.1 Å². The first-order valence-corrected chi connectivity index (χ1v) is 13.4. The zero-order chi connectivity index (χ0) is 25.5. The number of aromatic nitrogens is 2. The number of nitrogens with zero attached hydrogens (tertiary/aromatic N) is 3. The molecule has 196 valence electrons. The fourth-order valence-electron chi connectivity index (χ4n) is 5.60. The van der Waals surface area contributed by atoms with Gasteiger partial charge in [-0.15, -0.1) is 0 Å². The molecule has 2 aromatic rings. The summed E-state index contributed by atoms with van der Waals surface area (Å²) in [4.78, 5) is 43.7. The number of hydrogen-bond acceptors (Lipinski definition) is 6. The topological polar surface area (TPSA) is 114 Å². The molecule has 1 unspecified atom stereocenters. The zero-order valence-electron chi connectivity index (χ0n) is 21.2. The molecular formula is C27H38N4O5. The van der Waals surface area contributed by atoms with Crippen LogP contribution in [0.1, 0.15) is 71.1 Å². The van der Waals surface area contributed by atoms with Gasteiger partial charge in [-0.25, -0.2) is 4.98 Å². The van der Waals surface area contributed by atoms with Crippen molar-refractivity contribution in [1.82, 2.24) is 14.5 Å². The summed E-state index contributed by atoms with van der Waals surface area (Å²) in [5, 5.41) is 12.6. The molecular weight excluding hydrogens is 460 g/mol. The Morgan fingerprint density at radius 1 is 1.25 bits per heavy atom. The van der Waals surface area contributed by atoms with E-state index in [4.69, 9.17) is 4.74 Å². The molecule has 1 aromatic carbocycles. The Bertz CT molecular complexity index is 1130. The van der Waals surface area contributed by atoms with Gasteiger partial charge in [0, 0.05) is 19.0 Å². The fraction of sp³-hybridized carbons (Fsp3) is 0.630. The van der Waals surface area contributed by atoms with E-state index in [1.54, 1.807) is 18.2 Å². The number of amides is 2. The Morgan fingerprint density at radius 3 is 2.81 bits per heavy atom. The van der Waals surface area contributed by atoms with Gasteiger partial charge in [-0.2, -0.15) is 0 Å². The Balaban J connectivity index is 1.30. The van der Waals surface area contributed by atoms with Gasteiger partial charge >= 0.3 is 0 Å². The van der Waals surface area contributed by atoms with Crippen molar-refractivity contribution in [1.29, 1.82) is 0 Å². The largest absolute Gasteiger partial charge is 0.494 e. The maximum Gasteiger partial charge on any atom is 0.263 e. The SMILES string of the molecule is CCCC(C1CCCCC1)N(CCO)C(=O)CCCCOc1ccc2nc3n(c(=O)c2c1)CC(=O)N3. The number of carbonyl (C=O) groups excluding carboxylic acids is 2. The third-order valence-corrected chi connectivity index (χ3v) is 7.37. The average molecular weight is 499 g/mol. The van der Waals surface area contributed by atoms with E-state index in [1.165, 1.54) is 36.7 Å². The van der Waals surface area contributed by atoms with E-state index >= 15 is 0 Å². The predicted molar refractivity (Wildman–Crippen MR) is 138 cm³/mol. The molecule has 36 heavy (non-hydrogen) atoms. The number of aliphatic hydroxyl groups excluding tert-OH is 1. The molecule has 1 aliphatic carbocycles. The fourth-order valence-corrected chi connectivity index (χ4v) is 5.60. The molecule has 1 atom stereocenters. The van der Waals surface area contributed by atoms with Crippen molar-refractivity contribution in [3.63, 3.8) is 0 Å². The first-order valence-electron chi connectivity index (χ1n) is 13.4. The minimum absolute atomic E-state index is 0.00791. The molecule has 1 aliphatic heterocycles. The summed E-state index contributed by atoms with van der Waals surface area (Å²) in [6, 6.07) is 5.36. The molecule has 2 heterocycles. The number of anilines is 1. The lowest BCUT2D eigenvalue weighted by Gasteiger charge is -2.39. The highest BCUT2D eigenvalue weighted by Crippen LogP contribution is 2.31. The normalized spacial score (nSPS) is 16.6. The van der Waals surface area contributed by atoms with E-state index in [0.717, 1.165) is 12.8 Å². The number of fused-ring (bicyclic) bond motifs is 2. The van der Waals surface area contributed by atoms with Crippen LogP contribution in [0.3, 0.4) is 0 Å². The van der Waals surface area contributed by atoms with E-state index in [9.17, 15) is 19.5 Å². The van der Waals surface area contributed by atoms with Gasteiger partial charge in [0.05, 0.1) is 24.1 Å². The summed E-state index contributed by atoms with van der Waals surface area (Å²) in [6.07, 6.45) is 9.96. The van der Waals surface area contributed by atoms with Crippen LogP contribution >= 0.6 is 0 Å². The number of ether oxygens (including phenoxy) is 1. The average Bonchev–Trinajstić information content (AvgIpc) is 3.27. The molecule has 9 heteroatoms. The van der Waals surface area contributed by atoms with Crippen LogP contribution < -0.4 is 15.6 Å². The van der Waals surface area contributed by atoms with Gasteiger partial charge in [-0.05, 0) is 56.2 Å². The van der Waals surface area contributed by atoms with Crippen molar-refractivity contribution >= 4 is 28.7 Å². The van der Waals surface area contributed by atoms with Crippen LogP contribution in [0.2, 0.25) is 0 Å². The second kappa shape index (κ2) is 12.3. The van der Waals surface area contributed by atoms with Crippen molar-refractivity contribution in [2.24, 2.45) is 5.92 Å². The van der Waals surface area contributed by atoms with Gasteiger partial charge in [0.25, 0.3) is 5.56 Å². The quantitative estimate of drug-likeness (QED) is 0.433. The van der Waals surface area contributed by atoms with Crippen LogP contribution in [0.5, 0.6) is 5.75 Å². The van der Waals surface area contributed by atoms with Gasteiger partial charge in [0.1, 0.15) is 12.3 Å². The highest BCUT2D eigenvalue weighted by molar-refractivity contribution is 5.94. The molecule has 9 nitrogen and oxygen atoms in total. The monoisotopic (exact) mass is 498 g/mol.